The molecule has 0 saturated heterocycles. The summed E-state index contributed by atoms with van der Waals surface area (Å²) in [6, 6.07) is 0. The van der Waals surface area contributed by atoms with E-state index >= 15 is 0 Å². The molecule has 0 fully saturated rings. The Morgan fingerprint density at radius 2 is 1.20 bits per heavy atom. The lowest BCUT2D eigenvalue weighted by atomic mass is 10.4. The van der Waals surface area contributed by atoms with Crippen molar-refractivity contribution in [2.24, 2.45) is 0 Å². The number of hydrogen-bond acceptors (Lipinski definition) is 3. The van der Waals surface area contributed by atoms with Crippen molar-refractivity contribution in [2.45, 2.75) is 12.8 Å². The average molecular weight is 228 g/mol. The van der Waals surface area contributed by atoms with E-state index in [1.807, 2.05) is 0 Å². The van der Waals surface area contributed by atoms with Crippen molar-refractivity contribution in [1.29, 1.82) is 0 Å². The van der Waals surface area contributed by atoms with E-state index in [0.29, 0.717) is 0 Å². The van der Waals surface area contributed by atoms with Crippen molar-refractivity contribution in [2.75, 3.05) is 41.3 Å². The van der Waals surface area contributed by atoms with Gasteiger partial charge in [0.05, 0.1) is 0 Å². The van der Waals surface area contributed by atoms with Gasteiger partial charge >= 0.3 is 0 Å². The summed E-state index contributed by atoms with van der Waals surface area (Å²) >= 11 is 1.74. The Bertz CT molecular complexity index is 188. The van der Waals surface area contributed by atoms with Crippen LogP contribution in [0.15, 0.2) is 23.0 Å². The molecule has 0 radical (unpaired) electrons. The minimum atomic E-state index is 1.04. The van der Waals surface area contributed by atoms with Crippen molar-refractivity contribution in [3.8, 4) is 0 Å². The minimum absolute atomic E-state index is 1.04. The molecular formula is C12H24N2S. The largest absolute Gasteiger partial charge is 0.309 e. The summed E-state index contributed by atoms with van der Waals surface area (Å²) in [6.07, 6.45) is 2.08. The molecule has 0 aromatic carbocycles. The third kappa shape index (κ3) is 10.0. The van der Waals surface area contributed by atoms with Gasteiger partial charge in [0, 0.05) is 13.1 Å². The third-order valence-corrected chi connectivity index (χ3v) is 2.95. The van der Waals surface area contributed by atoms with Gasteiger partial charge < -0.3 is 9.80 Å². The molecule has 2 nitrogen and oxygen atoms in total. The van der Waals surface area contributed by atoms with Gasteiger partial charge in [-0.1, -0.05) is 13.2 Å². The van der Waals surface area contributed by atoms with E-state index in [-0.39, 0.29) is 0 Å². The van der Waals surface area contributed by atoms with Crippen LogP contribution in [0.3, 0.4) is 0 Å². The van der Waals surface area contributed by atoms with Crippen LogP contribution in [0.5, 0.6) is 0 Å². The molecular weight excluding hydrogens is 204 g/mol. The summed E-state index contributed by atoms with van der Waals surface area (Å²) in [7, 11) is 8.33. The first-order valence-electron chi connectivity index (χ1n) is 5.24. The van der Waals surface area contributed by atoms with Gasteiger partial charge in [-0.2, -0.15) is 0 Å². The summed E-state index contributed by atoms with van der Waals surface area (Å²) in [5, 5.41) is 0. The molecule has 0 heterocycles. The molecule has 0 bridgehead atoms. The number of nitrogens with zero attached hydrogens (tertiary/aromatic N) is 2. The van der Waals surface area contributed by atoms with Crippen molar-refractivity contribution < 1.29 is 0 Å². The topological polar surface area (TPSA) is 6.48 Å². The molecule has 15 heavy (non-hydrogen) atoms. The van der Waals surface area contributed by atoms with Gasteiger partial charge in [-0.25, -0.2) is 0 Å². The monoisotopic (exact) mass is 228 g/mol. The van der Waals surface area contributed by atoms with Crippen LogP contribution in [0.4, 0.5) is 0 Å². The Morgan fingerprint density at radius 1 is 0.867 bits per heavy atom. The fourth-order valence-corrected chi connectivity index (χ4v) is 1.80. The van der Waals surface area contributed by atoms with Gasteiger partial charge in [-0.05, 0) is 50.8 Å². The van der Waals surface area contributed by atoms with Gasteiger partial charge in [0.15, 0.2) is 0 Å². The molecule has 0 saturated carbocycles. The second-order valence-electron chi connectivity index (χ2n) is 4.29. The van der Waals surface area contributed by atoms with Crippen molar-refractivity contribution >= 4 is 11.8 Å². The SMILES string of the molecule is C=C(CCN(C)C)SC(=C)CCN(C)C. The third-order valence-electron chi connectivity index (χ3n) is 1.96. The van der Waals surface area contributed by atoms with E-state index in [1.54, 1.807) is 11.8 Å². The van der Waals surface area contributed by atoms with Crippen LogP contribution >= 0.6 is 11.8 Å². The first-order chi connectivity index (χ1) is 6.91. The van der Waals surface area contributed by atoms with Crippen LogP contribution in [0.25, 0.3) is 0 Å². The van der Waals surface area contributed by atoms with E-state index in [4.69, 9.17) is 0 Å². The maximum Gasteiger partial charge on any atom is 0.00207 e. The Hall–Kier alpha value is -0.250. The average Bonchev–Trinajstić information content (AvgIpc) is 2.11. The summed E-state index contributed by atoms with van der Waals surface area (Å²) in [6.45, 7) is 10.2. The number of thioether (sulfide) groups is 1. The van der Waals surface area contributed by atoms with Crippen LogP contribution in [0.1, 0.15) is 12.8 Å². The Kier molecular flexibility index (Phi) is 7.83. The highest BCUT2D eigenvalue weighted by Crippen LogP contribution is 2.27. The molecule has 3 heteroatoms. The quantitative estimate of drug-likeness (QED) is 0.630. The van der Waals surface area contributed by atoms with Crippen LogP contribution in [0, 0.1) is 0 Å². The Labute approximate surface area is 99.0 Å². The van der Waals surface area contributed by atoms with Crippen LogP contribution in [0.2, 0.25) is 0 Å². The molecule has 0 aliphatic carbocycles. The molecule has 0 aliphatic rings. The predicted octanol–water partition coefficient (Wildman–Crippen LogP) is 2.65. The zero-order chi connectivity index (χ0) is 11.8. The number of hydrogen-bond donors (Lipinski definition) is 0. The normalized spacial score (nSPS) is 11.1. The zero-order valence-corrected chi connectivity index (χ0v) is 11.4. The standard InChI is InChI=1S/C12H24N2S/c1-11(7-9-13(3)4)15-12(2)8-10-14(5)6/h1-2,7-10H2,3-6H3. The lowest BCUT2D eigenvalue weighted by molar-refractivity contribution is 0.415. The summed E-state index contributed by atoms with van der Waals surface area (Å²) in [5.74, 6) is 0. The molecule has 0 spiro atoms. The van der Waals surface area contributed by atoms with E-state index in [0.717, 1.165) is 25.9 Å². The highest BCUT2D eigenvalue weighted by Gasteiger charge is 2.01. The maximum atomic E-state index is 4.06. The molecule has 0 aromatic heterocycles. The fourth-order valence-electron chi connectivity index (χ4n) is 1.00. The minimum Gasteiger partial charge on any atom is -0.309 e. The second-order valence-corrected chi connectivity index (χ2v) is 5.64. The van der Waals surface area contributed by atoms with Crippen molar-refractivity contribution in [3.63, 3.8) is 0 Å². The van der Waals surface area contributed by atoms with Crippen LogP contribution < -0.4 is 0 Å². The lowest BCUT2D eigenvalue weighted by Gasteiger charge is -2.13. The zero-order valence-electron chi connectivity index (χ0n) is 10.5. The predicted molar refractivity (Wildman–Crippen MR) is 72.2 cm³/mol. The summed E-state index contributed by atoms with van der Waals surface area (Å²) in [4.78, 5) is 6.78. The van der Waals surface area contributed by atoms with E-state index in [1.165, 1.54) is 9.81 Å². The Balaban J connectivity index is 3.63. The lowest BCUT2D eigenvalue weighted by Crippen LogP contribution is -2.13. The molecule has 0 N–H and O–H groups in total. The smallest absolute Gasteiger partial charge is 0.00207 e. The molecule has 0 rings (SSSR count). The number of rotatable bonds is 8. The molecule has 0 unspecified atom stereocenters. The summed E-state index contributed by atoms with van der Waals surface area (Å²) in [5.41, 5.74) is 0. The molecule has 0 amide bonds. The van der Waals surface area contributed by atoms with E-state index < -0.39 is 0 Å². The van der Waals surface area contributed by atoms with Gasteiger partial charge in [-0.3, -0.25) is 0 Å². The Morgan fingerprint density at radius 3 is 1.47 bits per heavy atom. The van der Waals surface area contributed by atoms with E-state index in [2.05, 4.69) is 51.1 Å². The van der Waals surface area contributed by atoms with Crippen LogP contribution in [-0.4, -0.2) is 51.1 Å². The fraction of sp³-hybridized carbons (Fsp3) is 0.667. The molecule has 0 atom stereocenters. The van der Waals surface area contributed by atoms with Gasteiger partial charge in [0.2, 0.25) is 0 Å². The summed E-state index contributed by atoms with van der Waals surface area (Å²) < 4.78 is 0. The maximum absolute atomic E-state index is 4.06. The van der Waals surface area contributed by atoms with Gasteiger partial charge in [0.1, 0.15) is 0 Å². The van der Waals surface area contributed by atoms with Gasteiger partial charge in [-0.15, -0.1) is 11.8 Å². The van der Waals surface area contributed by atoms with Gasteiger partial charge in [0.25, 0.3) is 0 Å². The second kappa shape index (κ2) is 7.97. The highest BCUT2D eigenvalue weighted by atomic mass is 32.2. The first kappa shape index (κ1) is 14.8. The van der Waals surface area contributed by atoms with Crippen LogP contribution in [-0.2, 0) is 0 Å². The molecule has 0 aromatic rings. The highest BCUT2D eigenvalue weighted by molar-refractivity contribution is 8.06. The molecule has 88 valence electrons. The van der Waals surface area contributed by atoms with Crippen molar-refractivity contribution in [3.05, 3.63) is 23.0 Å². The van der Waals surface area contributed by atoms with Crippen molar-refractivity contribution in [1.82, 2.24) is 9.80 Å². The molecule has 0 aliphatic heterocycles. The first-order valence-corrected chi connectivity index (χ1v) is 6.06. The van der Waals surface area contributed by atoms with E-state index in [9.17, 15) is 0 Å².